The summed E-state index contributed by atoms with van der Waals surface area (Å²) in [5.41, 5.74) is 1.08. The number of rotatable bonds is 6. The van der Waals surface area contributed by atoms with Crippen LogP contribution in [0.25, 0.3) is 21.5 Å². The molecule has 0 amide bonds. The average Bonchev–Trinajstić information content (AvgIpc) is 2.61. The smallest absolute Gasteiger partial charge is 0.355 e. The van der Waals surface area contributed by atoms with Gasteiger partial charge in [0.25, 0.3) is 0 Å². The summed E-state index contributed by atoms with van der Waals surface area (Å²) in [6.07, 6.45) is 0. The van der Waals surface area contributed by atoms with Gasteiger partial charge in [-0.1, -0.05) is 42.5 Å². The van der Waals surface area contributed by atoms with Crippen molar-refractivity contribution in [2.75, 3.05) is 21.3 Å². The molecule has 0 saturated heterocycles. The molecule has 3 aromatic carbocycles. The van der Waals surface area contributed by atoms with Gasteiger partial charge in [-0.3, -0.25) is 0 Å². The second-order valence-electron chi connectivity index (χ2n) is 5.24. The average molecular weight is 328 g/mol. The molecule has 0 aromatic heterocycles. The topological polar surface area (TPSA) is 36.9 Å². The van der Waals surface area contributed by atoms with Gasteiger partial charge in [0.15, 0.2) is 0 Å². The lowest BCUT2D eigenvalue weighted by molar-refractivity contribution is 0.000866. The highest BCUT2D eigenvalue weighted by atomic mass is 28.4. The third-order valence-corrected chi connectivity index (χ3v) is 5.99. The van der Waals surface area contributed by atoms with Gasteiger partial charge in [-0.2, -0.15) is 0 Å². The number of hydrogen-bond acceptors (Lipinski definition) is 4. The lowest BCUT2D eigenvalue weighted by atomic mass is 10.0. The molecule has 0 N–H and O–H groups in total. The Bertz CT molecular complexity index is 806. The minimum Gasteiger partial charge on any atom is -0.355 e. The maximum Gasteiger partial charge on any atom is 0.679 e. The van der Waals surface area contributed by atoms with Gasteiger partial charge >= 0.3 is 9.05 Å². The van der Waals surface area contributed by atoms with Gasteiger partial charge in [0.05, 0.1) is 6.61 Å². The lowest BCUT2D eigenvalue weighted by Crippen LogP contribution is -2.46. The van der Waals surface area contributed by atoms with E-state index in [2.05, 4.69) is 42.5 Å². The standard InChI is InChI=1S/C18H20O4Si/c1-19-23(20-2,21-3)22-13-17-10-6-9-16-11-14-7-4-5-8-15(14)12-18(16)17/h4-12H,13H2,1-3H3. The highest BCUT2D eigenvalue weighted by Gasteiger charge is 2.42. The molecule has 3 rings (SSSR count). The first kappa shape index (κ1) is 16.1. The van der Waals surface area contributed by atoms with Crippen molar-refractivity contribution >= 4 is 30.6 Å². The van der Waals surface area contributed by atoms with Crippen LogP contribution in [0.15, 0.2) is 54.6 Å². The zero-order valence-corrected chi connectivity index (χ0v) is 14.5. The quantitative estimate of drug-likeness (QED) is 0.508. The summed E-state index contributed by atoms with van der Waals surface area (Å²) in [5, 5.41) is 4.79. The molecule has 0 saturated carbocycles. The number of fused-ring (bicyclic) bond motifs is 2. The van der Waals surface area contributed by atoms with Crippen LogP contribution in [0.4, 0.5) is 0 Å². The Morgan fingerprint density at radius 2 is 1.35 bits per heavy atom. The van der Waals surface area contributed by atoms with Crippen LogP contribution in [0.1, 0.15) is 5.56 Å². The van der Waals surface area contributed by atoms with Crippen molar-refractivity contribution in [1.29, 1.82) is 0 Å². The van der Waals surface area contributed by atoms with E-state index in [1.165, 1.54) is 37.5 Å². The molecule has 4 nitrogen and oxygen atoms in total. The van der Waals surface area contributed by atoms with Gasteiger partial charge in [-0.25, -0.2) is 0 Å². The molecule has 0 unspecified atom stereocenters. The van der Waals surface area contributed by atoms with Gasteiger partial charge in [-0.05, 0) is 39.2 Å². The second kappa shape index (κ2) is 6.78. The minimum atomic E-state index is -3.04. The summed E-state index contributed by atoms with van der Waals surface area (Å²) in [5.74, 6) is 0. The molecule has 23 heavy (non-hydrogen) atoms. The van der Waals surface area contributed by atoms with Crippen LogP contribution in [0.3, 0.4) is 0 Å². The van der Waals surface area contributed by atoms with E-state index in [-0.39, 0.29) is 0 Å². The van der Waals surface area contributed by atoms with Crippen molar-refractivity contribution in [3.63, 3.8) is 0 Å². The highest BCUT2D eigenvalue weighted by molar-refractivity contribution is 6.53. The number of hydrogen-bond donors (Lipinski definition) is 0. The second-order valence-corrected chi connectivity index (χ2v) is 7.75. The van der Waals surface area contributed by atoms with Crippen molar-refractivity contribution in [2.24, 2.45) is 0 Å². The zero-order chi connectivity index (χ0) is 16.3. The van der Waals surface area contributed by atoms with Crippen LogP contribution in [-0.2, 0) is 24.3 Å². The number of benzene rings is 3. The van der Waals surface area contributed by atoms with E-state index in [1.807, 2.05) is 12.1 Å². The molecule has 0 aliphatic carbocycles. The van der Waals surface area contributed by atoms with Gasteiger partial charge in [0, 0.05) is 21.3 Å². The van der Waals surface area contributed by atoms with E-state index in [0.717, 1.165) is 10.9 Å². The van der Waals surface area contributed by atoms with Crippen LogP contribution >= 0.6 is 0 Å². The van der Waals surface area contributed by atoms with E-state index < -0.39 is 9.05 Å². The van der Waals surface area contributed by atoms with Crippen LogP contribution < -0.4 is 0 Å². The van der Waals surface area contributed by atoms with Crippen LogP contribution in [0.2, 0.25) is 0 Å². The Kier molecular flexibility index (Phi) is 4.75. The molecule has 0 aliphatic rings. The van der Waals surface area contributed by atoms with Gasteiger partial charge in [0.2, 0.25) is 0 Å². The predicted octanol–water partition coefficient (Wildman–Crippen LogP) is 3.88. The van der Waals surface area contributed by atoms with E-state index in [0.29, 0.717) is 6.61 Å². The molecule has 120 valence electrons. The molecule has 0 atom stereocenters. The Labute approximate surface area is 137 Å². The Balaban J connectivity index is 1.99. The van der Waals surface area contributed by atoms with Crippen molar-refractivity contribution < 1.29 is 17.7 Å². The first-order chi connectivity index (χ1) is 11.2. The molecule has 0 fully saturated rings. The molecule has 0 heterocycles. The van der Waals surface area contributed by atoms with Crippen molar-refractivity contribution in [2.45, 2.75) is 6.61 Å². The maximum atomic E-state index is 5.86. The van der Waals surface area contributed by atoms with Crippen LogP contribution in [0, 0.1) is 0 Å². The SMILES string of the molecule is CO[Si](OC)(OC)OCc1cccc2cc3ccccc3cc12. The molecule has 0 bridgehead atoms. The fourth-order valence-electron chi connectivity index (χ4n) is 2.75. The lowest BCUT2D eigenvalue weighted by Gasteiger charge is -2.23. The van der Waals surface area contributed by atoms with Gasteiger partial charge < -0.3 is 17.7 Å². The Morgan fingerprint density at radius 1 is 0.739 bits per heavy atom. The summed E-state index contributed by atoms with van der Waals surface area (Å²) in [6.45, 7) is 0.372. The summed E-state index contributed by atoms with van der Waals surface area (Å²) >= 11 is 0. The van der Waals surface area contributed by atoms with Gasteiger partial charge in [-0.15, -0.1) is 0 Å². The maximum absolute atomic E-state index is 5.86. The zero-order valence-electron chi connectivity index (χ0n) is 13.5. The fourth-order valence-corrected chi connectivity index (χ4v) is 3.94. The van der Waals surface area contributed by atoms with E-state index in [1.54, 1.807) is 0 Å². The predicted molar refractivity (Wildman–Crippen MR) is 93.0 cm³/mol. The van der Waals surface area contributed by atoms with E-state index in [9.17, 15) is 0 Å². The largest absolute Gasteiger partial charge is 0.679 e. The summed E-state index contributed by atoms with van der Waals surface area (Å²) < 4.78 is 21.8. The third kappa shape index (κ3) is 3.15. The Hall–Kier alpha value is -1.76. The summed E-state index contributed by atoms with van der Waals surface area (Å²) in [4.78, 5) is 0. The Morgan fingerprint density at radius 3 is 2.00 bits per heavy atom. The first-order valence-electron chi connectivity index (χ1n) is 7.41. The molecule has 5 heteroatoms. The van der Waals surface area contributed by atoms with Gasteiger partial charge in [0.1, 0.15) is 0 Å². The highest BCUT2D eigenvalue weighted by Crippen LogP contribution is 2.26. The van der Waals surface area contributed by atoms with Crippen LogP contribution in [-0.4, -0.2) is 30.4 Å². The van der Waals surface area contributed by atoms with Crippen molar-refractivity contribution in [3.8, 4) is 0 Å². The first-order valence-corrected chi connectivity index (χ1v) is 9.04. The molecule has 3 aromatic rings. The minimum absolute atomic E-state index is 0.372. The molecular weight excluding hydrogens is 308 g/mol. The third-order valence-electron chi connectivity index (χ3n) is 3.99. The molecule has 0 aliphatic heterocycles. The summed E-state index contributed by atoms with van der Waals surface area (Å²) in [6, 6.07) is 18.9. The normalized spacial score (nSPS) is 12.1. The monoisotopic (exact) mass is 328 g/mol. The molecule has 0 spiro atoms. The molecule has 0 radical (unpaired) electrons. The van der Waals surface area contributed by atoms with Crippen LogP contribution in [0.5, 0.6) is 0 Å². The van der Waals surface area contributed by atoms with E-state index >= 15 is 0 Å². The fraction of sp³-hybridized carbons (Fsp3) is 0.222. The molecular formula is C18H20O4Si. The summed E-state index contributed by atoms with van der Waals surface area (Å²) in [7, 11) is 1.57. The van der Waals surface area contributed by atoms with Crippen molar-refractivity contribution in [1.82, 2.24) is 0 Å². The van der Waals surface area contributed by atoms with E-state index in [4.69, 9.17) is 17.7 Å². The van der Waals surface area contributed by atoms with Crippen molar-refractivity contribution in [3.05, 3.63) is 60.2 Å².